The Balaban J connectivity index is 1.21. The third-order valence-electron chi connectivity index (χ3n) is 7.81. The van der Waals surface area contributed by atoms with Crippen molar-refractivity contribution in [2.24, 2.45) is 5.92 Å². The van der Waals surface area contributed by atoms with Crippen LogP contribution in [0.3, 0.4) is 0 Å². The van der Waals surface area contributed by atoms with E-state index in [2.05, 4.69) is 40.2 Å². The van der Waals surface area contributed by atoms with Gasteiger partial charge >= 0.3 is 0 Å². The van der Waals surface area contributed by atoms with E-state index in [1.807, 2.05) is 23.1 Å². The SMILES string of the molecule is CN1CCN(C(=O)CC2CCN(CCc3ccccc3)CC2)CCOc2ccccc2Oc2ncccc2C1=O. The summed E-state index contributed by atoms with van der Waals surface area (Å²) >= 11 is 0. The molecule has 40 heavy (non-hydrogen) atoms. The fourth-order valence-electron chi connectivity index (χ4n) is 5.32. The fourth-order valence-corrected chi connectivity index (χ4v) is 5.32. The van der Waals surface area contributed by atoms with E-state index in [1.165, 1.54) is 5.56 Å². The summed E-state index contributed by atoms with van der Waals surface area (Å²) in [7, 11) is 1.75. The molecule has 3 aromatic rings. The third-order valence-corrected chi connectivity index (χ3v) is 7.81. The van der Waals surface area contributed by atoms with Crippen LogP contribution in [0.5, 0.6) is 17.4 Å². The van der Waals surface area contributed by atoms with Crippen LogP contribution in [0.15, 0.2) is 72.9 Å². The van der Waals surface area contributed by atoms with Crippen molar-refractivity contribution >= 4 is 11.8 Å². The molecule has 2 aliphatic rings. The molecule has 0 atom stereocenters. The van der Waals surface area contributed by atoms with E-state index in [-0.39, 0.29) is 17.7 Å². The largest absolute Gasteiger partial charge is 0.488 e. The lowest BCUT2D eigenvalue weighted by Gasteiger charge is -2.33. The molecular formula is C32H38N4O4. The molecule has 0 radical (unpaired) electrons. The van der Waals surface area contributed by atoms with E-state index in [4.69, 9.17) is 9.47 Å². The summed E-state index contributed by atoms with van der Waals surface area (Å²) in [5, 5.41) is 0. The number of amides is 2. The van der Waals surface area contributed by atoms with Crippen LogP contribution in [-0.2, 0) is 11.2 Å². The first-order valence-corrected chi connectivity index (χ1v) is 14.2. The number of carbonyl (C=O) groups is 2. The molecule has 0 spiro atoms. The number of ether oxygens (including phenoxy) is 2. The number of piperidine rings is 1. The maximum Gasteiger partial charge on any atom is 0.259 e. The summed E-state index contributed by atoms with van der Waals surface area (Å²) in [6, 6.07) is 21.4. The zero-order valence-electron chi connectivity index (χ0n) is 23.2. The number of nitrogens with zero attached hydrogens (tertiary/aromatic N) is 4. The van der Waals surface area contributed by atoms with E-state index in [0.717, 1.165) is 38.9 Å². The van der Waals surface area contributed by atoms with Gasteiger partial charge in [-0.2, -0.15) is 0 Å². The predicted octanol–water partition coefficient (Wildman–Crippen LogP) is 4.51. The van der Waals surface area contributed by atoms with E-state index in [0.29, 0.717) is 55.6 Å². The Morgan fingerprint density at radius 2 is 1.65 bits per heavy atom. The van der Waals surface area contributed by atoms with Crippen molar-refractivity contribution in [2.45, 2.75) is 25.7 Å². The Labute approximate surface area is 236 Å². The van der Waals surface area contributed by atoms with Gasteiger partial charge in [0.2, 0.25) is 11.8 Å². The summed E-state index contributed by atoms with van der Waals surface area (Å²) in [5.74, 6) is 1.56. The topological polar surface area (TPSA) is 75.2 Å². The normalized spacial score (nSPS) is 17.4. The molecule has 5 rings (SSSR count). The van der Waals surface area contributed by atoms with Gasteiger partial charge in [0.1, 0.15) is 12.2 Å². The third kappa shape index (κ3) is 7.18. The number of benzene rings is 2. The number of likely N-dealkylation sites (N-methyl/N-ethyl adjacent to an activating group) is 1. The van der Waals surface area contributed by atoms with Crippen LogP contribution in [-0.4, -0.2) is 84.4 Å². The number of likely N-dealkylation sites (tertiary alicyclic amines) is 1. The first-order chi connectivity index (χ1) is 19.6. The number of para-hydroxylation sites is 2. The lowest BCUT2D eigenvalue weighted by molar-refractivity contribution is -0.133. The predicted molar refractivity (Wildman–Crippen MR) is 154 cm³/mol. The molecule has 8 nitrogen and oxygen atoms in total. The lowest BCUT2D eigenvalue weighted by Crippen LogP contribution is -2.43. The Morgan fingerprint density at radius 1 is 0.900 bits per heavy atom. The van der Waals surface area contributed by atoms with E-state index in [1.54, 1.807) is 36.3 Å². The second-order valence-electron chi connectivity index (χ2n) is 10.6. The molecule has 8 heteroatoms. The molecule has 3 heterocycles. The van der Waals surface area contributed by atoms with Crippen molar-refractivity contribution in [3.63, 3.8) is 0 Å². The number of aromatic nitrogens is 1. The molecule has 2 amide bonds. The van der Waals surface area contributed by atoms with Crippen molar-refractivity contribution in [2.75, 3.05) is 52.9 Å². The van der Waals surface area contributed by atoms with Crippen molar-refractivity contribution in [1.82, 2.24) is 19.7 Å². The molecule has 2 aromatic carbocycles. The average Bonchev–Trinajstić information content (AvgIpc) is 3.00. The van der Waals surface area contributed by atoms with Crippen LogP contribution in [0.4, 0.5) is 0 Å². The Morgan fingerprint density at radius 3 is 2.45 bits per heavy atom. The highest BCUT2D eigenvalue weighted by Gasteiger charge is 2.26. The van der Waals surface area contributed by atoms with Gasteiger partial charge in [0, 0.05) is 39.3 Å². The average molecular weight is 543 g/mol. The van der Waals surface area contributed by atoms with Crippen LogP contribution in [0, 0.1) is 5.92 Å². The quantitative estimate of drug-likeness (QED) is 0.472. The minimum Gasteiger partial charge on any atom is -0.488 e. The van der Waals surface area contributed by atoms with Gasteiger partial charge in [-0.15, -0.1) is 0 Å². The van der Waals surface area contributed by atoms with E-state index in [9.17, 15) is 9.59 Å². The maximum atomic E-state index is 13.5. The van der Waals surface area contributed by atoms with Crippen LogP contribution in [0.1, 0.15) is 35.2 Å². The van der Waals surface area contributed by atoms with Crippen LogP contribution < -0.4 is 9.47 Å². The van der Waals surface area contributed by atoms with Crippen LogP contribution in [0.2, 0.25) is 0 Å². The zero-order chi connectivity index (χ0) is 27.7. The van der Waals surface area contributed by atoms with Crippen molar-refractivity contribution in [3.8, 4) is 17.4 Å². The minimum atomic E-state index is -0.198. The van der Waals surface area contributed by atoms with Crippen molar-refractivity contribution in [3.05, 3.63) is 84.1 Å². The van der Waals surface area contributed by atoms with E-state index >= 15 is 0 Å². The molecule has 2 aliphatic heterocycles. The number of fused-ring (bicyclic) bond motifs is 2. The van der Waals surface area contributed by atoms with Gasteiger partial charge in [-0.3, -0.25) is 9.59 Å². The first kappa shape index (κ1) is 27.6. The highest BCUT2D eigenvalue weighted by molar-refractivity contribution is 5.96. The lowest BCUT2D eigenvalue weighted by atomic mass is 9.92. The molecule has 0 N–H and O–H groups in total. The number of hydrogen-bond acceptors (Lipinski definition) is 6. The fraction of sp³-hybridized carbons (Fsp3) is 0.406. The second-order valence-corrected chi connectivity index (χ2v) is 10.6. The number of carbonyl (C=O) groups excluding carboxylic acids is 2. The molecule has 0 bridgehead atoms. The number of pyridine rings is 1. The molecule has 0 unspecified atom stereocenters. The van der Waals surface area contributed by atoms with E-state index < -0.39 is 0 Å². The highest BCUT2D eigenvalue weighted by atomic mass is 16.5. The van der Waals surface area contributed by atoms with Gasteiger partial charge in [0.15, 0.2) is 11.5 Å². The molecule has 0 saturated carbocycles. The van der Waals surface area contributed by atoms with Gasteiger partial charge in [0.25, 0.3) is 5.91 Å². The number of rotatable bonds is 5. The van der Waals surface area contributed by atoms with Gasteiger partial charge in [0.05, 0.1) is 6.54 Å². The molecule has 1 saturated heterocycles. The van der Waals surface area contributed by atoms with Gasteiger partial charge in [-0.25, -0.2) is 4.98 Å². The van der Waals surface area contributed by atoms with Crippen LogP contribution in [0.25, 0.3) is 0 Å². The van der Waals surface area contributed by atoms with Crippen molar-refractivity contribution in [1.29, 1.82) is 0 Å². The van der Waals surface area contributed by atoms with Gasteiger partial charge in [-0.05, 0) is 68.1 Å². The zero-order valence-corrected chi connectivity index (χ0v) is 23.2. The summed E-state index contributed by atoms with van der Waals surface area (Å²) < 4.78 is 12.1. The van der Waals surface area contributed by atoms with Gasteiger partial charge in [-0.1, -0.05) is 42.5 Å². The minimum absolute atomic E-state index is 0.119. The molecule has 0 aliphatic carbocycles. The Hall–Kier alpha value is -3.91. The number of hydrogen-bond donors (Lipinski definition) is 0. The smallest absolute Gasteiger partial charge is 0.259 e. The molecule has 1 fully saturated rings. The summed E-state index contributed by atoms with van der Waals surface area (Å²) in [6.45, 7) is 4.72. The molecular weight excluding hydrogens is 504 g/mol. The first-order valence-electron chi connectivity index (χ1n) is 14.2. The molecule has 1 aromatic heterocycles. The van der Waals surface area contributed by atoms with Gasteiger partial charge < -0.3 is 24.2 Å². The monoisotopic (exact) mass is 542 g/mol. The summed E-state index contributed by atoms with van der Waals surface area (Å²) in [5.41, 5.74) is 1.74. The summed E-state index contributed by atoms with van der Waals surface area (Å²) in [6.07, 6.45) is 5.23. The summed E-state index contributed by atoms with van der Waals surface area (Å²) in [4.78, 5) is 37.1. The maximum absolute atomic E-state index is 13.5. The second kappa shape index (κ2) is 13.4. The van der Waals surface area contributed by atoms with Crippen LogP contribution >= 0.6 is 0 Å². The Kier molecular flexibility index (Phi) is 9.29. The standard InChI is InChI=1S/C32H38N4O4/c1-34-20-21-36(30(37)24-26-14-18-35(19-15-26)17-13-25-8-3-2-4-9-25)22-23-39-28-11-5-6-12-29(28)40-31-27(32(34)38)10-7-16-33-31/h2-12,16,26H,13-15,17-24H2,1H3. The highest BCUT2D eigenvalue weighted by Crippen LogP contribution is 2.32. The van der Waals surface area contributed by atoms with Crippen molar-refractivity contribution < 1.29 is 19.1 Å². The molecule has 210 valence electrons. The Bertz CT molecular complexity index is 1280.